The minimum Gasteiger partial charge on any atom is -0.444 e. The van der Waals surface area contributed by atoms with Crippen LogP contribution in [0.15, 0.2) is 54.6 Å². The number of halogens is 2. The van der Waals surface area contributed by atoms with Crippen molar-refractivity contribution >= 4 is 6.09 Å². The zero-order valence-electron chi connectivity index (χ0n) is 17.8. The fourth-order valence-corrected chi connectivity index (χ4v) is 3.01. The van der Waals surface area contributed by atoms with E-state index in [2.05, 4.69) is 10.6 Å². The summed E-state index contributed by atoms with van der Waals surface area (Å²) in [6.07, 6.45) is -2.57. The maximum atomic E-state index is 15.2. The van der Waals surface area contributed by atoms with Gasteiger partial charge in [0.05, 0.1) is 6.10 Å². The molecule has 0 saturated carbocycles. The molecule has 2 aromatic carbocycles. The van der Waals surface area contributed by atoms with Gasteiger partial charge in [-0.25, -0.2) is 4.79 Å². The summed E-state index contributed by atoms with van der Waals surface area (Å²) in [4.78, 5) is 12.2. The Labute approximate surface area is 176 Å². The number of amides is 1. The molecule has 1 amide bonds. The second-order valence-electron chi connectivity index (χ2n) is 8.30. The molecule has 0 aliphatic heterocycles. The summed E-state index contributed by atoms with van der Waals surface area (Å²) < 4.78 is 35.5. The smallest absolute Gasteiger partial charge is 0.408 e. The van der Waals surface area contributed by atoms with Crippen molar-refractivity contribution in [2.75, 3.05) is 6.54 Å². The molecule has 2 rings (SSSR count). The molecule has 0 aliphatic rings. The van der Waals surface area contributed by atoms with Gasteiger partial charge in [-0.3, -0.25) is 0 Å². The van der Waals surface area contributed by atoms with Crippen molar-refractivity contribution in [3.05, 3.63) is 71.3 Å². The third-order valence-corrected chi connectivity index (χ3v) is 4.37. The summed E-state index contributed by atoms with van der Waals surface area (Å²) in [5, 5.41) is 15.7. The van der Waals surface area contributed by atoms with E-state index in [-0.39, 0.29) is 12.1 Å². The topological polar surface area (TPSA) is 70.6 Å². The van der Waals surface area contributed by atoms with Gasteiger partial charge in [-0.2, -0.15) is 8.78 Å². The zero-order valence-corrected chi connectivity index (χ0v) is 17.8. The lowest BCUT2D eigenvalue weighted by molar-refractivity contribution is -0.0848. The summed E-state index contributed by atoms with van der Waals surface area (Å²) in [7, 11) is 0. The lowest BCUT2D eigenvalue weighted by Gasteiger charge is -2.32. The second-order valence-corrected chi connectivity index (χ2v) is 8.30. The fourth-order valence-electron chi connectivity index (χ4n) is 3.01. The lowest BCUT2D eigenvalue weighted by atomic mass is 9.96. The standard InChI is InChI=1S/C23H30F2N2O3/c1-16-9-8-10-17(13-16)14-26-15-19(28)20(27-21(29)30-22(2,3)4)23(24,25)18-11-6-5-7-12-18/h5-13,19-20,26,28H,14-15H2,1-4H3,(H,27,29). The fraction of sp³-hybridized carbons (Fsp3) is 0.435. The molecule has 0 bridgehead atoms. The minimum atomic E-state index is -3.51. The molecular weight excluding hydrogens is 390 g/mol. The first-order valence-electron chi connectivity index (χ1n) is 9.86. The van der Waals surface area contributed by atoms with Crippen LogP contribution in [-0.4, -0.2) is 35.5 Å². The Morgan fingerprint density at radius 1 is 1.10 bits per heavy atom. The van der Waals surface area contributed by atoms with Gasteiger partial charge in [0.25, 0.3) is 5.92 Å². The van der Waals surface area contributed by atoms with Crippen LogP contribution in [0, 0.1) is 6.92 Å². The Balaban J connectivity index is 2.13. The van der Waals surface area contributed by atoms with Gasteiger partial charge in [0.15, 0.2) is 0 Å². The molecule has 0 aliphatic carbocycles. The van der Waals surface area contributed by atoms with Gasteiger partial charge in [0.2, 0.25) is 0 Å². The normalized spacial score (nSPS) is 14.1. The summed E-state index contributed by atoms with van der Waals surface area (Å²) >= 11 is 0. The molecule has 0 radical (unpaired) electrons. The van der Waals surface area contributed by atoms with Gasteiger partial charge < -0.3 is 20.5 Å². The SMILES string of the molecule is Cc1cccc(CNCC(O)C(NC(=O)OC(C)(C)C)C(F)(F)c2ccccc2)c1. The quantitative estimate of drug-likeness (QED) is 0.601. The number of ether oxygens (including phenoxy) is 1. The molecule has 0 fully saturated rings. The van der Waals surface area contributed by atoms with Gasteiger partial charge in [-0.15, -0.1) is 0 Å². The van der Waals surface area contributed by atoms with Crippen LogP contribution in [0.3, 0.4) is 0 Å². The van der Waals surface area contributed by atoms with Crippen molar-refractivity contribution in [1.29, 1.82) is 0 Å². The van der Waals surface area contributed by atoms with Gasteiger partial charge in [-0.05, 0) is 33.3 Å². The molecule has 2 aromatic rings. The highest BCUT2D eigenvalue weighted by atomic mass is 19.3. The number of alkyl carbamates (subject to hydrolysis) is 1. The predicted molar refractivity (Wildman–Crippen MR) is 112 cm³/mol. The van der Waals surface area contributed by atoms with Crippen LogP contribution < -0.4 is 10.6 Å². The molecule has 2 atom stereocenters. The highest BCUT2D eigenvalue weighted by Gasteiger charge is 2.46. The van der Waals surface area contributed by atoms with Crippen LogP contribution >= 0.6 is 0 Å². The lowest BCUT2D eigenvalue weighted by Crippen LogP contribution is -2.56. The predicted octanol–water partition coefficient (Wildman–Crippen LogP) is 4.13. The van der Waals surface area contributed by atoms with Crippen molar-refractivity contribution in [2.24, 2.45) is 0 Å². The third kappa shape index (κ3) is 7.07. The second kappa shape index (κ2) is 10.00. The molecule has 30 heavy (non-hydrogen) atoms. The van der Waals surface area contributed by atoms with Gasteiger partial charge in [0, 0.05) is 18.7 Å². The van der Waals surface area contributed by atoms with Gasteiger partial charge in [-0.1, -0.05) is 60.2 Å². The van der Waals surface area contributed by atoms with E-state index in [1.807, 2.05) is 31.2 Å². The highest BCUT2D eigenvalue weighted by molar-refractivity contribution is 5.68. The third-order valence-electron chi connectivity index (χ3n) is 4.37. The first-order valence-corrected chi connectivity index (χ1v) is 9.86. The maximum Gasteiger partial charge on any atom is 0.408 e. The highest BCUT2D eigenvalue weighted by Crippen LogP contribution is 2.33. The number of benzene rings is 2. The van der Waals surface area contributed by atoms with Crippen molar-refractivity contribution in [2.45, 2.75) is 57.9 Å². The van der Waals surface area contributed by atoms with Crippen LogP contribution in [0.1, 0.15) is 37.5 Å². The van der Waals surface area contributed by atoms with Crippen LogP contribution in [0.4, 0.5) is 13.6 Å². The van der Waals surface area contributed by atoms with Crippen molar-refractivity contribution < 1.29 is 23.4 Å². The van der Waals surface area contributed by atoms with E-state index in [9.17, 15) is 9.90 Å². The van der Waals surface area contributed by atoms with Crippen LogP contribution in [-0.2, 0) is 17.2 Å². The Morgan fingerprint density at radius 2 is 1.77 bits per heavy atom. The van der Waals surface area contributed by atoms with Crippen LogP contribution in [0.5, 0.6) is 0 Å². The molecule has 7 heteroatoms. The molecule has 164 valence electrons. The number of alkyl halides is 2. The van der Waals surface area contributed by atoms with E-state index in [0.717, 1.165) is 11.1 Å². The number of hydrogen-bond donors (Lipinski definition) is 3. The number of aliphatic hydroxyl groups excluding tert-OH is 1. The molecule has 0 heterocycles. The van der Waals surface area contributed by atoms with Crippen molar-refractivity contribution in [3.63, 3.8) is 0 Å². The van der Waals surface area contributed by atoms with E-state index in [1.165, 1.54) is 24.3 Å². The molecular formula is C23H30F2N2O3. The average molecular weight is 421 g/mol. The van der Waals surface area contributed by atoms with Crippen LogP contribution in [0.25, 0.3) is 0 Å². The molecule has 3 N–H and O–H groups in total. The number of rotatable bonds is 8. The van der Waals surface area contributed by atoms with Crippen molar-refractivity contribution in [3.8, 4) is 0 Å². The summed E-state index contributed by atoms with van der Waals surface area (Å²) in [6, 6.07) is 13.0. The Kier molecular flexibility index (Phi) is 7.92. The zero-order chi connectivity index (χ0) is 22.4. The largest absolute Gasteiger partial charge is 0.444 e. The number of carbonyl (C=O) groups is 1. The number of carbonyl (C=O) groups excluding carboxylic acids is 1. The number of aliphatic hydroxyl groups is 1. The van der Waals surface area contributed by atoms with Crippen LogP contribution in [0.2, 0.25) is 0 Å². The first kappa shape index (κ1) is 23.8. The number of aryl methyl sites for hydroxylation is 1. The summed E-state index contributed by atoms with van der Waals surface area (Å²) in [5.74, 6) is -3.51. The molecule has 5 nitrogen and oxygen atoms in total. The average Bonchev–Trinajstić information content (AvgIpc) is 2.65. The summed E-state index contributed by atoms with van der Waals surface area (Å²) in [6.45, 7) is 7.12. The minimum absolute atomic E-state index is 0.142. The maximum absolute atomic E-state index is 15.2. The number of hydrogen-bond acceptors (Lipinski definition) is 4. The van der Waals surface area contributed by atoms with E-state index in [4.69, 9.17) is 4.74 Å². The Bertz CT molecular complexity index is 823. The van der Waals surface area contributed by atoms with E-state index in [0.29, 0.717) is 6.54 Å². The van der Waals surface area contributed by atoms with E-state index in [1.54, 1.807) is 26.8 Å². The molecule has 0 saturated heterocycles. The molecule has 0 aromatic heterocycles. The van der Waals surface area contributed by atoms with Crippen molar-refractivity contribution in [1.82, 2.24) is 10.6 Å². The van der Waals surface area contributed by atoms with E-state index < -0.39 is 29.8 Å². The molecule has 2 unspecified atom stereocenters. The monoisotopic (exact) mass is 420 g/mol. The van der Waals surface area contributed by atoms with Gasteiger partial charge >= 0.3 is 6.09 Å². The summed E-state index contributed by atoms with van der Waals surface area (Å²) in [5.41, 5.74) is 0.887. The van der Waals surface area contributed by atoms with Gasteiger partial charge in [0.1, 0.15) is 11.6 Å². The Morgan fingerprint density at radius 3 is 2.37 bits per heavy atom. The number of nitrogens with one attached hydrogen (secondary N) is 2. The first-order chi connectivity index (χ1) is 14.0. The molecule has 0 spiro atoms. The van der Waals surface area contributed by atoms with E-state index >= 15 is 8.78 Å². The Hall–Kier alpha value is -2.51.